The molecule has 0 aromatic heterocycles. The van der Waals surface area contributed by atoms with Crippen LogP contribution in [-0.2, 0) is 15.6 Å². The highest BCUT2D eigenvalue weighted by atomic mass is 32.2. The fraction of sp³-hybridized carbons (Fsp3) is 0.458. The minimum absolute atomic E-state index is 0.0707. The molecular weight excluding hydrogens is 385 g/mol. The maximum atomic E-state index is 13.5. The molecule has 0 unspecified atom stereocenters. The molecule has 0 aliphatic carbocycles. The number of halogens is 1. The van der Waals surface area contributed by atoms with Gasteiger partial charge in [0.05, 0.1) is 22.1 Å². The van der Waals surface area contributed by atoms with E-state index >= 15 is 0 Å². The lowest BCUT2D eigenvalue weighted by Gasteiger charge is -2.43. The Labute approximate surface area is 174 Å². The molecule has 2 aliphatic heterocycles. The first-order valence-electron chi connectivity index (χ1n) is 10.4. The van der Waals surface area contributed by atoms with Crippen molar-refractivity contribution in [2.75, 3.05) is 7.05 Å². The van der Waals surface area contributed by atoms with Crippen LogP contribution in [0.3, 0.4) is 0 Å². The lowest BCUT2D eigenvalue weighted by atomic mass is 9.73. The number of carbonyl (C=O) groups excluding carboxylic acids is 1. The van der Waals surface area contributed by atoms with Crippen molar-refractivity contribution < 1.29 is 13.4 Å². The van der Waals surface area contributed by atoms with Crippen molar-refractivity contribution in [1.29, 1.82) is 0 Å². The number of ketones is 1. The fourth-order valence-corrected chi connectivity index (χ4v) is 7.08. The van der Waals surface area contributed by atoms with E-state index in [1.165, 1.54) is 12.1 Å². The van der Waals surface area contributed by atoms with Gasteiger partial charge in [-0.3, -0.25) is 13.9 Å². The van der Waals surface area contributed by atoms with E-state index in [4.69, 9.17) is 0 Å². The quantitative estimate of drug-likeness (QED) is 0.726. The molecule has 0 radical (unpaired) electrons. The van der Waals surface area contributed by atoms with E-state index in [-0.39, 0.29) is 40.8 Å². The number of hydrogen-bond donors (Lipinski definition) is 0. The van der Waals surface area contributed by atoms with Crippen molar-refractivity contribution in [3.05, 3.63) is 65.5 Å². The zero-order valence-corrected chi connectivity index (χ0v) is 18.0. The van der Waals surface area contributed by atoms with Gasteiger partial charge in [0.1, 0.15) is 5.82 Å². The number of benzene rings is 2. The second-order valence-corrected chi connectivity index (χ2v) is 10.1. The molecule has 0 spiro atoms. The molecule has 2 fully saturated rings. The number of hydrogen-bond acceptors (Lipinski definition) is 3. The van der Waals surface area contributed by atoms with Crippen molar-refractivity contribution in [3.63, 3.8) is 0 Å². The summed E-state index contributed by atoms with van der Waals surface area (Å²) in [5.41, 5.74) is 2.03. The molecule has 0 N–H and O–H groups in total. The van der Waals surface area contributed by atoms with Crippen LogP contribution in [0.15, 0.2) is 53.4 Å². The zero-order chi connectivity index (χ0) is 20.7. The van der Waals surface area contributed by atoms with Crippen molar-refractivity contribution in [2.45, 2.75) is 61.3 Å². The van der Waals surface area contributed by atoms with Gasteiger partial charge in [-0.15, -0.1) is 0 Å². The van der Waals surface area contributed by atoms with Crippen LogP contribution in [0.25, 0.3) is 0 Å². The van der Waals surface area contributed by atoms with E-state index in [9.17, 15) is 13.4 Å². The summed E-state index contributed by atoms with van der Waals surface area (Å²) in [6, 6.07) is 14.1. The van der Waals surface area contributed by atoms with E-state index in [0.29, 0.717) is 6.42 Å². The molecular formula is C24H28FNO2S. The maximum absolute atomic E-state index is 13.5. The van der Waals surface area contributed by atoms with Crippen molar-refractivity contribution in [1.82, 2.24) is 4.90 Å². The Hall–Kier alpha value is -1.85. The number of likely N-dealkylation sites (N-methyl/N-ethyl adjacent to an activating group) is 1. The van der Waals surface area contributed by atoms with Crippen molar-refractivity contribution in [3.8, 4) is 0 Å². The predicted molar refractivity (Wildman–Crippen MR) is 114 cm³/mol. The third-order valence-corrected chi connectivity index (χ3v) is 8.44. The van der Waals surface area contributed by atoms with Gasteiger partial charge >= 0.3 is 0 Å². The molecule has 154 valence electrons. The molecule has 2 aliphatic rings. The van der Waals surface area contributed by atoms with Crippen molar-refractivity contribution >= 4 is 16.6 Å². The molecule has 0 saturated carbocycles. The summed E-state index contributed by atoms with van der Waals surface area (Å²) >= 11 is 0. The molecule has 4 rings (SSSR count). The SMILES string of the molecule is CCC[C@@H]1[C@H]2[C@H]([S@@](=O)c3ccc(C)cc3)C[C@@H](C(=O)[C@H]1c1ccc(F)cc1)N2C. The van der Waals surface area contributed by atoms with Crippen LogP contribution in [-0.4, -0.2) is 39.3 Å². The standard InChI is InChI=1S/C24H28FNO2S/c1-4-5-19-22(16-8-10-17(25)11-9-16)24(27)20-14-21(23(19)26(20)3)29(28)18-12-6-15(2)7-13-18/h6-13,19-23H,4-5,14H2,1-3H3/t19-,20-,21+,22-,23-,29-/m0/s1. The topological polar surface area (TPSA) is 37.4 Å². The number of carbonyl (C=O) groups is 1. The van der Waals surface area contributed by atoms with Crippen molar-refractivity contribution in [2.24, 2.45) is 5.92 Å². The van der Waals surface area contributed by atoms with Crippen LogP contribution >= 0.6 is 0 Å². The molecule has 5 heteroatoms. The first-order chi connectivity index (χ1) is 13.9. The van der Waals surface area contributed by atoms with Crippen LogP contribution in [0.2, 0.25) is 0 Å². The molecule has 2 bridgehead atoms. The first kappa shape index (κ1) is 20.4. The Morgan fingerprint density at radius 3 is 2.38 bits per heavy atom. The van der Waals surface area contributed by atoms with Gasteiger partial charge in [0.2, 0.25) is 0 Å². The summed E-state index contributed by atoms with van der Waals surface area (Å²) in [6.07, 6.45) is 2.46. The van der Waals surface area contributed by atoms with Crippen LogP contribution in [0.1, 0.15) is 43.2 Å². The Morgan fingerprint density at radius 2 is 1.76 bits per heavy atom. The van der Waals surface area contributed by atoms with E-state index in [1.54, 1.807) is 12.1 Å². The Kier molecular flexibility index (Phi) is 5.71. The Balaban J connectivity index is 1.72. The Morgan fingerprint density at radius 1 is 1.10 bits per heavy atom. The van der Waals surface area contributed by atoms with Gasteiger partial charge in [0.15, 0.2) is 5.78 Å². The molecule has 0 amide bonds. The first-order valence-corrected chi connectivity index (χ1v) is 11.6. The minimum Gasteiger partial charge on any atom is -0.297 e. The van der Waals surface area contributed by atoms with Gasteiger partial charge in [0, 0.05) is 16.9 Å². The third-order valence-electron chi connectivity index (χ3n) is 6.68. The molecule has 2 heterocycles. The van der Waals surface area contributed by atoms with Crippen LogP contribution in [0, 0.1) is 18.7 Å². The largest absolute Gasteiger partial charge is 0.297 e. The zero-order valence-electron chi connectivity index (χ0n) is 17.2. The Bertz CT molecular complexity index is 911. The summed E-state index contributed by atoms with van der Waals surface area (Å²) in [7, 11) is 0.837. The van der Waals surface area contributed by atoms with Crippen LogP contribution in [0.4, 0.5) is 4.39 Å². The smallest absolute Gasteiger partial charge is 0.157 e. The fourth-order valence-electron chi connectivity index (χ4n) is 5.32. The van der Waals surface area contributed by atoms with Gasteiger partial charge < -0.3 is 0 Å². The average molecular weight is 414 g/mol. The van der Waals surface area contributed by atoms with Gasteiger partial charge in [0.25, 0.3) is 0 Å². The predicted octanol–water partition coefficient (Wildman–Crippen LogP) is 4.47. The monoisotopic (exact) mass is 413 g/mol. The van der Waals surface area contributed by atoms with Crippen LogP contribution < -0.4 is 0 Å². The summed E-state index contributed by atoms with van der Waals surface area (Å²) in [5.74, 6) is -0.261. The van der Waals surface area contributed by atoms with E-state index in [2.05, 4.69) is 11.8 Å². The minimum atomic E-state index is -1.17. The lowest BCUT2D eigenvalue weighted by Crippen LogP contribution is -2.53. The molecule has 6 atom stereocenters. The number of fused-ring (bicyclic) bond motifs is 2. The average Bonchev–Trinajstić information content (AvgIpc) is 2.99. The number of aryl methyl sites for hydroxylation is 1. The van der Waals surface area contributed by atoms with Gasteiger partial charge in [-0.25, -0.2) is 4.39 Å². The summed E-state index contributed by atoms with van der Waals surface area (Å²) in [6.45, 7) is 4.14. The highest BCUT2D eigenvalue weighted by Crippen LogP contribution is 2.48. The summed E-state index contributed by atoms with van der Waals surface area (Å²) in [4.78, 5) is 16.5. The van der Waals surface area contributed by atoms with E-state index in [1.807, 2.05) is 38.2 Å². The second kappa shape index (κ2) is 8.11. The van der Waals surface area contributed by atoms with E-state index < -0.39 is 10.8 Å². The normalized spacial score (nSPS) is 30.5. The van der Waals surface area contributed by atoms with Gasteiger partial charge in [-0.05, 0) is 62.6 Å². The van der Waals surface area contributed by atoms with Gasteiger partial charge in [-0.2, -0.15) is 0 Å². The number of piperidine rings is 1. The molecule has 29 heavy (non-hydrogen) atoms. The summed E-state index contributed by atoms with van der Waals surface area (Å²) < 4.78 is 27.0. The van der Waals surface area contributed by atoms with Gasteiger partial charge in [-0.1, -0.05) is 43.2 Å². The number of Topliss-reactive ketones (excluding diaryl/α,β-unsaturated/α-hetero) is 1. The third kappa shape index (κ3) is 3.59. The second-order valence-electron chi connectivity index (χ2n) is 8.44. The maximum Gasteiger partial charge on any atom is 0.157 e. The number of nitrogens with zero attached hydrogens (tertiary/aromatic N) is 1. The highest BCUT2D eigenvalue weighted by molar-refractivity contribution is 7.85. The molecule has 3 nitrogen and oxygen atoms in total. The number of rotatable bonds is 5. The lowest BCUT2D eigenvalue weighted by molar-refractivity contribution is -0.130. The molecule has 2 aromatic rings. The van der Waals surface area contributed by atoms with E-state index in [0.717, 1.165) is 28.9 Å². The van der Waals surface area contributed by atoms with Crippen LogP contribution in [0.5, 0.6) is 0 Å². The summed E-state index contributed by atoms with van der Waals surface area (Å²) in [5, 5.41) is -0.0707. The highest BCUT2D eigenvalue weighted by Gasteiger charge is 2.56. The molecule has 2 saturated heterocycles. The molecule has 2 aromatic carbocycles.